The molecular weight excluding hydrogens is 389 g/mol. The lowest BCUT2D eigenvalue weighted by molar-refractivity contribution is -0.274. The number of benzene rings is 2. The molecule has 0 aromatic heterocycles. The molecule has 0 bridgehead atoms. The first-order valence-electron chi connectivity index (χ1n) is 8.78. The number of halogens is 3. The Morgan fingerprint density at radius 1 is 0.966 bits per heavy atom. The van der Waals surface area contributed by atoms with Gasteiger partial charge in [0.1, 0.15) is 17.5 Å². The minimum atomic E-state index is -4.79. The fourth-order valence-electron chi connectivity index (χ4n) is 2.38. The molecule has 2 aromatic rings. The Bertz CT molecular complexity index is 809. The molecule has 0 saturated carbocycles. The number of carbonyl (C=O) groups excluding carboxylic acids is 2. The van der Waals surface area contributed by atoms with Gasteiger partial charge in [-0.25, -0.2) is 0 Å². The standard InChI is InChI=1S/C20H21F3N2O4/c1-13(2)18(25-17(26)12-28-15-6-4-3-5-7-15)19(27)24-14-8-10-16(11-9-14)29-20(21,22)23/h3-11,13,18H,12H2,1-2H3,(H,24,27)(H,25,26)/t18-/m1/s1. The molecule has 2 aromatic carbocycles. The molecule has 1 atom stereocenters. The Morgan fingerprint density at radius 3 is 2.14 bits per heavy atom. The van der Waals surface area contributed by atoms with Crippen molar-refractivity contribution in [3.8, 4) is 11.5 Å². The average molecular weight is 410 g/mol. The Hall–Kier alpha value is -3.23. The van der Waals surface area contributed by atoms with Crippen molar-refractivity contribution >= 4 is 17.5 Å². The number of rotatable bonds is 8. The molecule has 9 heteroatoms. The minimum Gasteiger partial charge on any atom is -0.484 e. The maximum atomic E-state index is 12.5. The quantitative estimate of drug-likeness (QED) is 0.695. The number of hydrogen-bond acceptors (Lipinski definition) is 4. The van der Waals surface area contributed by atoms with E-state index >= 15 is 0 Å². The summed E-state index contributed by atoms with van der Waals surface area (Å²) in [5, 5.41) is 5.16. The molecule has 2 N–H and O–H groups in total. The number of alkyl halides is 3. The number of carbonyl (C=O) groups is 2. The molecule has 2 amide bonds. The van der Waals surface area contributed by atoms with Crippen LogP contribution in [0.4, 0.5) is 18.9 Å². The molecule has 0 heterocycles. The van der Waals surface area contributed by atoms with E-state index in [1.807, 2.05) is 6.07 Å². The Kier molecular flexibility index (Phi) is 7.46. The highest BCUT2D eigenvalue weighted by atomic mass is 19.4. The number of anilines is 1. The predicted molar refractivity (Wildman–Crippen MR) is 100 cm³/mol. The van der Waals surface area contributed by atoms with Crippen LogP contribution in [0.2, 0.25) is 0 Å². The summed E-state index contributed by atoms with van der Waals surface area (Å²) in [6.45, 7) is 3.25. The number of amides is 2. The van der Waals surface area contributed by atoms with Crippen molar-refractivity contribution in [3.05, 3.63) is 54.6 Å². The third kappa shape index (κ3) is 7.73. The van der Waals surface area contributed by atoms with Gasteiger partial charge in [0, 0.05) is 5.69 Å². The smallest absolute Gasteiger partial charge is 0.484 e. The second-order valence-corrected chi connectivity index (χ2v) is 6.45. The highest BCUT2D eigenvalue weighted by Gasteiger charge is 2.31. The Labute approximate surface area is 166 Å². The molecule has 0 unspecified atom stereocenters. The van der Waals surface area contributed by atoms with Crippen molar-refractivity contribution in [2.45, 2.75) is 26.3 Å². The van der Waals surface area contributed by atoms with E-state index in [0.29, 0.717) is 5.75 Å². The molecule has 2 rings (SSSR count). The highest BCUT2D eigenvalue weighted by Crippen LogP contribution is 2.24. The second-order valence-electron chi connectivity index (χ2n) is 6.45. The summed E-state index contributed by atoms with van der Waals surface area (Å²) in [7, 11) is 0. The van der Waals surface area contributed by atoms with Crippen molar-refractivity contribution in [1.29, 1.82) is 0 Å². The third-order valence-corrected chi connectivity index (χ3v) is 3.73. The van der Waals surface area contributed by atoms with Gasteiger partial charge in [-0.05, 0) is 42.3 Å². The zero-order chi connectivity index (χ0) is 21.4. The van der Waals surface area contributed by atoms with Crippen LogP contribution in [0.15, 0.2) is 54.6 Å². The Morgan fingerprint density at radius 2 is 1.59 bits per heavy atom. The van der Waals surface area contributed by atoms with Crippen LogP contribution in [0.5, 0.6) is 11.5 Å². The highest BCUT2D eigenvalue weighted by molar-refractivity contribution is 5.97. The molecule has 0 aliphatic heterocycles. The van der Waals surface area contributed by atoms with Gasteiger partial charge in [-0.15, -0.1) is 13.2 Å². The maximum Gasteiger partial charge on any atom is 0.573 e. The number of nitrogens with one attached hydrogen (secondary N) is 2. The predicted octanol–water partition coefficient (Wildman–Crippen LogP) is 3.74. The van der Waals surface area contributed by atoms with Crippen LogP contribution in [0, 0.1) is 5.92 Å². The molecular formula is C20H21F3N2O4. The van der Waals surface area contributed by atoms with E-state index in [1.165, 1.54) is 12.1 Å². The fraction of sp³-hybridized carbons (Fsp3) is 0.300. The summed E-state index contributed by atoms with van der Waals surface area (Å²) in [5.41, 5.74) is 0.268. The van der Waals surface area contributed by atoms with Gasteiger partial charge in [-0.3, -0.25) is 9.59 Å². The second kappa shape index (κ2) is 9.81. The van der Waals surface area contributed by atoms with Crippen molar-refractivity contribution < 1.29 is 32.2 Å². The van der Waals surface area contributed by atoms with Crippen LogP contribution in [-0.4, -0.2) is 30.8 Å². The lowest BCUT2D eigenvalue weighted by atomic mass is 10.0. The molecule has 6 nitrogen and oxygen atoms in total. The lowest BCUT2D eigenvalue weighted by Crippen LogP contribution is -2.48. The van der Waals surface area contributed by atoms with Crippen LogP contribution in [0.1, 0.15) is 13.8 Å². The average Bonchev–Trinajstić information content (AvgIpc) is 2.65. The summed E-state index contributed by atoms with van der Waals surface area (Å²) in [6.07, 6.45) is -4.79. The zero-order valence-electron chi connectivity index (χ0n) is 15.8. The first kappa shape index (κ1) is 22.1. The van der Waals surface area contributed by atoms with Gasteiger partial charge < -0.3 is 20.1 Å². The third-order valence-electron chi connectivity index (χ3n) is 3.73. The van der Waals surface area contributed by atoms with Gasteiger partial charge in [-0.2, -0.15) is 0 Å². The molecule has 0 spiro atoms. The van der Waals surface area contributed by atoms with Crippen LogP contribution in [0.25, 0.3) is 0 Å². The van der Waals surface area contributed by atoms with E-state index in [4.69, 9.17) is 4.74 Å². The molecule has 0 aliphatic rings. The van der Waals surface area contributed by atoms with E-state index in [2.05, 4.69) is 15.4 Å². The van der Waals surface area contributed by atoms with Crippen LogP contribution in [0.3, 0.4) is 0 Å². The van der Waals surface area contributed by atoms with Crippen molar-refractivity contribution in [2.24, 2.45) is 5.92 Å². The van der Waals surface area contributed by atoms with Crippen LogP contribution in [-0.2, 0) is 9.59 Å². The van der Waals surface area contributed by atoms with Gasteiger partial charge in [-0.1, -0.05) is 32.0 Å². The SMILES string of the molecule is CC(C)[C@@H](NC(=O)COc1ccccc1)C(=O)Nc1ccc(OC(F)(F)F)cc1. The van der Waals surface area contributed by atoms with Crippen LogP contribution < -0.4 is 20.1 Å². The fourth-order valence-corrected chi connectivity index (χ4v) is 2.38. The number of ether oxygens (including phenoxy) is 2. The van der Waals surface area contributed by atoms with Gasteiger partial charge >= 0.3 is 6.36 Å². The number of hydrogen-bond donors (Lipinski definition) is 2. The molecule has 0 fully saturated rings. The number of para-hydroxylation sites is 1. The van der Waals surface area contributed by atoms with E-state index in [0.717, 1.165) is 12.1 Å². The largest absolute Gasteiger partial charge is 0.573 e. The van der Waals surface area contributed by atoms with Gasteiger partial charge in [0.2, 0.25) is 5.91 Å². The minimum absolute atomic E-state index is 0.233. The van der Waals surface area contributed by atoms with Gasteiger partial charge in [0.05, 0.1) is 0 Å². The summed E-state index contributed by atoms with van der Waals surface area (Å²) in [5.74, 6) is -1.09. The van der Waals surface area contributed by atoms with Crippen molar-refractivity contribution in [1.82, 2.24) is 5.32 Å². The topological polar surface area (TPSA) is 76.7 Å². The van der Waals surface area contributed by atoms with Gasteiger partial charge in [0.15, 0.2) is 6.61 Å². The van der Waals surface area contributed by atoms with Crippen molar-refractivity contribution in [3.63, 3.8) is 0 Å². The lowest BCUT2D eigenvalue weighted by Gasteiger charge is -2.22. The molecule has 0 aliphatic carbocycles. The molecule has 156 valence electrons. The summed E-state index contributed by atoms with van der Waals surface area (Å²) < 4.78 is 45.7. The molecule has 0 saturated heterocycles. The Balaban J connectivity index is 1.92. The first-order valence-corrected chi connectivity index (χ1v) is 8.78. The summed E-state index contributed by atoms with van der Waals surface area (Å²) >= 11 is 0. The zero-order valence-corrected chi connectivity index (χ0v) is 15.8. The van der Waals surface area contributed by atoms with E-state index in [-0.39, 0.29) is 18.2 Å². The van der Waals surface area contributed by atoms with E-state index in [9.17, 15) is 22.8 Å². The van der Waals surface area contributed by atoms with Crippen molar-refractivity contribution in [2.75, 3.05) is 11.9 Å². The summed E-state index contributed by atoms with van der Waals surface area (Å²) in [4.78, 5) is 24.6. The van der Waals surface area contributed by atoms with Crippen LogP contribution >= 0.6 is 0 Å². The van der Waals surface area contributed by atoms with Gasteiger partial charge in [0.25, 0.3) is 5.91 Å². The molecule has 29 heavy (non-hydrogen) atoms. The molecule has 0 radical (unpaired) electrons. The maximum absolute atomic E-state index is 12.5. The summed E-state index contributed by atoms with van der Waals surface area (Å²) in [6, 6.07) is 12.6. The monoisotopic (exact) mass is 410 g/mol. The van der Waals surface area contributed by atoms with E-state index in [1.54, 1.807) is 38.1 Å². The van der Waals surface area contributed by atoms with E-state index < -0.39 is 30.0 Å². The first-order chi connectivity index (χ1) is 13.6. The normalized spacial score (nSPS) is 12.2.